The summed E-state index contributed by atoms with van der Waals surface area (Å²) in [7, 11) is 1.90. The number of aryl methyl sites for hydroxylation is 1. The predicted molar refractivity (Wildman–Crippen MR) is 73.1 cm³/mol. The number of nitrogens with zero attached hydrogens (tertiary/aromatic N) is 4. The van der Waals surface area contributed by atoms with Crippen LogP contribution in [0.2, 0.25) is 0 Å². The SMILES string of the molecule is CNc1cc(N2CCN(C3CC3)CC2)nc(C)n1. The summed E-state index contributed by atoms with van der Waals surface area (Å²) in [5, 5.41) is 3.10. The smallest absolute Gasteiger partial charge is 0.134 e. The average Bonchev–Trinajstić information content (AvgIpc) is 3.22. The molecule has 0 spiro atoms. The second-order valence-electron chi connectivity index (χ2n) is 5.16. The van der Waals surface area contributed by atoms with E-state index in [2.05, 4.69) is 25.1 Å². The van der Waals surface area contributed by atoms with Crippen LogP contribution in [0.1, 0.15) is 18.7 Å². The third kappa shape index (κ3) is 2.41. The highest BCUT2D eigenvalue weighted by molar-refractivity contribution is 5.49. The highest BCUT2D eigenvalue weighted by atomic mass is 15.3. The summed E-state index contributed by atoms with van der Waals surface area (Å²) in [6.45, 7) is 6.45. The Morgan fingerprint density at radius 2 is 1.89 bits per heavy atom. The van der Waals surface area contributed by atoms with Crippen LogP contribution in [0.3, 0.4) is 0 Å². The molecule has 1 aromatic rings. The van der Waals surface area contributed by atoms with Gasteiger partial charge in [-0.05, 0) is 19.8 Å². The lowest BCUT2D eigenvalue weighted by atomic mass is 10.3. The molecule has 98 valence electrons. The van der Waals surface area contributed by atoms with Crippen molar-refractivity contribution in [1.29, 1.82) is 0 Å². The first-order valence-corrected chi connectivity index (χ1v) is 6.78. The van der Waals surface area contributed by atoms with Gasteiger partial charge in [0.1, 0.15) is 17.5 Å². The van der Waals surface area contributed by atoms with Crippen LogP contribution in [-0.2, 0) is 0 Å². The van der Waals surface area contributed by atoms with E-state index in [9.17, 15) is 0 Å². The number of rotatable bonds is 3. The van der Waals surface area contributed by atoms with Crippen molar-refractivity contribution >= 4 is 11.6 Å². The molecule has 18 heavy (non-hydrogen) atoms. The molecule has 1 aliphatic heterocycles. The summed E-state index contributed by atoms with van der Waals surface area (Å²) in [4.78, 5) is 13.9. The molecule has 2 aliphatic rings. The Morgan fingerprint density at radius 1 is 1.17 bits per heavy atom. The molecule has 5 heteroatoms. The molecule has 0 unspecified atom stereocenters. The van der Waals surface area contributed by atoms with Gasteiger partial charge in [0.15, 0.2) is 0 Å². The molecule has 5 nitrogen and oxygen atoms in total. The van der Waals surface area contributed by atoms with Crippen molar-refractivity contribution in [3.63, 3.8) is 0 Å². The largest absolute Gasteiger partial charge is 0.373 e. The topological polar surface area (TPSA) is 44.3 Å². The quantitative estimate of drug-likeness (QED) is 0.867. The zero-order valence-electron chi connectivity index (χ0n) is 11.2. The van der Waals surface area contributed by atoms with Crippen molar-refractivity contribution in [3.05, 3.63) is 11.9 Å². The van der Waals surface area contributed by atoms with Gasteiger partial charge in [-0.25, -0.2) is 9.97 Å². The van der Waals surface area contributed by atoms with E-state index < -0.39 is 0 Å². The Labute approximate surface area is 108 Å². The first-order valence-electron chi connectivity index (χ1n) is 6.78. The van der Waals surface area contributed by atoms with E-state index in [0.29, 0.717) is 0 Å². The average molecular weight is 247 g/mol. The lowest BCUT2D eigenvalue weighted by Crippen LogP contribution is -2.47. The van der Waals surface area contributed by atoms with Crippen molar-refractivity contribution < 1.29 is 0 Å². The predicted octanol–water partition coefficient (Wildman–Crippen LogP) is 1.11. The molecular weight excluding hydrogens is 226 g/mol. The number of hydrogen-bond acceptors (Lipinski definition) is 5. The van der Waals surface area contributed by atoms with Crippen molar-refractivity contribution in [1.82, 2.24) is 14.9 Å². The minimum atomic E-state index is 0.835. The van der Waals surface area contributed by atoms with Gasteiger partial charge in [0.25, 0.3) is 0 Å². The van der Waals surface area contributed by atoms with Crippen LogP contribution in [0.15, 0.2) is 6.07 Å². The summed E-state index contributed by atoms with van der Waals surface area (Å²) >= 11 is 0. The monoisotopic (exact) mass is 247 g/mol. The summed E-state index contributed by atoms with van der Waals surface area (Å²) < 4.78 is 0. The Hall–Kier alpha value is -1.36. The van der Waals surface area contributed by atoms with Gasteiger partial charge in [0.05, 0.1) is 0 Å². The van der Waals surface area contributed by atoms with Gasteiger partial charge in [-0.3, -0.25) is 4.90 Å². The van der Waals surface area contributed by atoms with Crippen molar-refractivity contribution in [3.8, 4) is 0 Å². The zero-order valence-corrected chi connectivity index (χ0v) is 11.2. The molecular formula is C13H21N5. The molecule has 1 saturated carbocycles. The Bertz CT molecular complexity index is 421. The molecule has 0 amide bonds. The summed E-state index contributed by atoms with van der Waals surface area (Å²) in [5.74, 6) is 2.80. The van der Waals surface area contributed by atoms with Crippen molar-refractivity contribution in [2.45, 2.75) is 25.8 Å². The molecule has 0 atom stereocenters. The molecule has 0 aromatic carbocycles. The molecule has 1 aromatic heterocycles. The van der Waals surface area contributed by atoms with Gasteiger partial charge in [0, 0.05) is 45.3 Å². The van der Waals surface area contributed by atoms with Gasteiger partial charge >= 0.3 is 0 Å². The van der Waals surface area contributed by atoms with E-state index in [1.807, 2.05) is 20.0 Å². The lowest BCUT2D eigenvalue weighted by molar-refractivity contribution is 0.247. The van der Waals surface area contributed by atoms with Crippen molar-refractivity contribution in [2.24, 2.45) is 0 Å². The fraction of sp³-hybridized carbons (Fsp3) is 0.692. The fourth-order valence-corrected chi connectivity index (χ4v) is 2.60. The van der Waals surface area contributed by atoms with E-state index in [1.165, 1.54) is 25.9 Å². The second-order valence-corrected chi connectivity index (χ2v) is 5.16. The minimum absolute atomic E-state index is 0.835. The standard InChI is InChI=1S/C13H21N5/c1-10-15-12(14-2)9-13(16-10)18-7-5-17(6-8-18)11-3-4-11/h9,11H,3-8H2,1-2H3,(H,14,15,16). The normalized spacial score (nSPS) is 21.1. The molecule has 0 radical (unpaired) electrons. The molecule has 3 rings (SSSR count). The Balaban J connectivity index is 1.69. The molecule has 1 aliphatic carbocycles. The van der Waals surface area contributed by atoms with E-state index in [-0.39, 0.29) is 0 Å². The number of aromatic nitrogens is 2. The number of nitrogens with one attached hydrogen (secondary N) is 1. The second kappa shape index (κ2) is 4.72. The minimum Gasteiger partial charge on any atom is -0.373 e. The van der Waals surface area contributed by atoms with Crippen LogP contribution < -0.4 is 10.2 Å². The first kappa shape index (κ1) is 11.7. The maximum absolute atomic E-state index is 4.55. The van der Waals surface area contributed by atoms with E-state index in [1.54, 1.807) is 0 Å². The number of piperazine rings is 1. The van der Waals surface area contributed by atoms with Gasteiger partial charge in [0.2, 0.25) is 0 Å². The van der Waals surface area contributed by atoms with Gasteiger partial charge < -0.3 is 10.2 Å². The van der Waals surface area contributed by atoms with Crippen LogP contribution >= 0.6 is 0 Å². The third-order valence-corrected chi connectivity index (χ3v) is 3.78. The fourth-order valence-electron chi connectivity index (χ4n) is 2.60. The summed E-state index contributed by atoms with van der Waals surface area (Å²) in [6, 6.07) is 2.92. The summed E-state index contributed by atoms with van der Waals surface area (Å²) in [5.41, 5.74) is 0. The van der Waals surface area contributed by atoms with Gasteiger partial charge in [-0.2, -0.15) is 0 Å². The van der Waals surface area contributed by atoms with Crippen LogP contribution in [-0.4, -0.2) is 54.1 Å². The lowest BCUT2D eigenvalue weighted by Gasteiger charge is -2.35. The highest BCUT2D eigenvalue weighted by Gasteiger charge is 2.31. The zero-order chi connectivity index (χ0) is 12.5. The van der Waals surface area contributed by atoms with Gasteiger partial charge in [-0.15, -0.1) is 0 Å². The molecule has 2 fully saturated rings. The summed E-state index contributed by atoms with van der Waals surface area (Å²) in [6.07, 6.45) is 2.80. The third-order valence-electron chi connectivity index (χ3n) is 3.78. The van der Waals surface area contributed by atoms with Crippen LogP contribution in [0.25, 0.3) is 0 Å². The van der Waals surface area contributed by atoms with Crippen LogP contribution in [0.5, 0.6) is 0 Å². The highest BCUT2D eigenvalue weighted by Crippen LogP contribution is 2.28. The molecule has 2 heterocycles. The van der Waals surface area contributed by atoms with Crippen LogP contribution in [0.4, 0.5) is 11.6 Å². The molecule has 0 bridgehead atoms. The molecule has 1 N–H and O–H groups in total. The van der Waals surface area contributed by atoms with E-state index in [0.717, 1.165) is 36.6 Å². The molecule has 1 saturated heterocycles. The van der Waals surface area contributed by atoms with Gasteiger partial charge in [-0.1, -0.05) is 0 Å². The first-order chi connectivity index (χ1) is 8.76. The Kier molecular flexibility index (Phi) is 3.07. The van der Waals surface area contributed by atoms with E-state index >= 15 is 0 Å². The van der Waals surface area contributed by atoms with Crippen LogP contribution in [0, 0.1) is 6.92 Å². The Morgan fingerprint density at radius 3 is 2.50 bits per heavy atom. The van der Waals surface area contributed by atoms with E-state index in [4.69, 9.17) is 0 Å². The number of hydrogen-bond donors (Lipinski definition) is 1. The maximum atomic E-state index is 4.55. The number of anilines is 2. The van der Waals surface area contributed by atoms with Crippen molar-refractivity contribution in [2.75, 3.05) is 43.4 Å². The maximum Gasteiger partial charge on any atom is 0.134 e.